The van der Waals surface area contributed by atoms with Crippen LogP contribution in [0.5, 0.6) is 0 Å². The van der Waals surface area contributed by atoms with Crippen LogP contribution < -0.4 is 0 Å². The molecule has 3 heteroatoms. The summed E-state index contributed by atoms with van der Waals surface area (Å²) in [7, 11) is 0. The highest BCUT2D eigenvalue weighted by Gasteiger charge is 2.19. The van der Waals surface area contributed by atoms with Crippen molar-refractivity contribution in [2.45, 2.75) is 63.5 Å². The molecule has 2 nitrogen and oxygen atoms in total. The van der Waals surface area contributed by atoms with Crippen molar-refractivity contribution >= 4 is 24.2 Å². The molecule has 0 aromatic heterocycles. The van der Waals surface area contributed by atoms with Crippen LogP contribution in [0.4, 0.5) is 0 Å². The molecular formula is C16H24O2S. The van der Waals surface area contributed by atoms with E-state index in [2.05, 4.69) is 19.6 Å². The third-order valence-electron chi connectivity index (χ3n) is 3.42. The van der Waals surface area contributed by atoms with Gasteiger partial charge in [-0.3, -0.25) is 9.59 Å². The summed E-state index contributed by atoms with van der Waals surface area (Å²) >= 11 is 4.46. The molecule has 0 aliphatic heterocycles. The molecule has 0 heterocycles. The zero-order valence-corrected chi connectivity index (χ0v) is 12.6. The topological polar surface area (TPSA) is 34.1 Å². The number of ketones is 2. The third-order valence-corrected chi connectivity index (χ3v) is 3.96. The Morgan fingerprint density at radius 1 is 1.00 bits per heavy atom. The van der Waals surface area contributed by atoms with Crippen molar-refractivity contribution in [3.8, 4) is 0 Å². The summed E-state index contributed by atoms with van der Waals surface area (Å²) in [6.45, 7) is 2.22. The van der Waals surface area contributed by atoms with E-state index in [1.54, 1.807) is 0 Å². The van der Waals surface area contributed by atoms with Crippen molar-refractivity contribution in [1.82, 2.24) is 0 Å². The normalized spacial score (nSPS) is 16.6. The molecule has 1 aliphatic carbocycles. The van der Waals surface area contributed by atoms with Gasteiger partial charge in [-0.25, -0.2) is 0 Å². The largest absolute Gasteiger partial charge is 0.290 e. The van der Waals surface area contributed by atoms with Gasteiger partial charge in [0, 0.05) is 10.8 Å². The summed E-state index contributed by atoms with van der Waals surface area (Å²) < 4.78 is 0. The van der Waals surface area contributed by atoms with Crippen LogP contribution in [0.1, 0.15) is 58.3 Å². The fraction of sp³-hybridized carbons (Fsp3) is 0.625. The predicted octanol–water partition coefficient (Wildman–Crippen LogP) is 4.06. The van der Waals surface area contributed by atoms with E-state index >= 15 is 0 Å². The van der Waals surface area contributed by atoms with E-state index in [4.69, 9.17) is 0 Å². The Morgan fingerprint density at radius 2 is 1.63 bits per heavy atom. The van der Waals surface area contributed by atoms with Crippen LogP contribution in [0, 0.1) is 0 Å². The molecule has 0 fully saturated rings. The molecule has 0 amide bonds. The van der Waals surface area contributed by atoms with Gasteiger partial charge in [0.2, 0.25) is 0 Å². The summed E-state index contributed by atoms with van der Waals surface area (Å²) in [5, 5.41) is -0.1000. The number of carbonyl (C=O) groups is 2. The van der Waals surface area contributed by atoms with E-state index in [9.17, 15) is 9.59 Å². The second-order valence-electron chi connectivity index (χ2n) is 5.13. The quantitative estimate of drug-likeness (QED) is 0.392. The maximum atomic E-state index is 11.6. The monoisotopic (exact) mass is 280 g/mol. The lowest BCUT2D eigenvalue weighted by atomic mass is 9.97. The van der Waals surface area contributed by atoms with Gasteiger partial charge in [-0.05, 0) is 24.6 Å². The zero-order chi connectivity index (χ0) is 14.1. The molecule has 0 aromatic rings. The van der Waals surface area contributed by atoms with Gasteiger partial charge in [0.25, 0.3) is 0 Å². The maximum absolute atomic E-state index is 11.6. The molecule has 1 aliphatic rings. The van der Waals surface area contributed by atoms with Gasteiger partial charge >= 0.3 is 0 Å². The molecule has 0 bridgehead atoms. The lowest BCUT2D eigenvalue weighted by molar-refractivity contribution is -0.114. The summed E-state index contributed by atoms with van der Waals surface area (Å²) in [5.41, 5.74) is 0.557. The van der Waals surface area contributed by atoms with E-state index in [-0.39, 0.29) is 16.8 Å². The van der Waals surface area contributed by atoms with E-state index in [1.165, 1.54) is 56.8 Å². The number of hydrogen-bond acceptors (Lipinski definition) is 3. The standard InChI is InChI=1S/C16H24O2S/c1-2-3-4-5-6-7-8-9-16(19)14-12-13(17)10-11-15(14)18/h10-12,16,19H,2-9H2,1H3. The van der Waals surface area contributed by atoms with E-state index in [1.807, 2.05) is 0 Å². The average Bonchev–Trinajstić information content (AvgIpc) is 2.40. The van der Waals surface area contributed by atoms with Crippen LogP contribution in [0.3, 0.4) is 0 Å². The minimum atomic E-state index is -0.104. The number of allylic oxidation sites excluding steroid dienone is 3. The van der Waals surface area contributed by atoms with Crippen LogP contribution in [-0.4, -0.2) is 16.8 Å². The minimum absolute atomic E-state index is 0.0671. The molecule has 0 N–H and O–H groups in total. The fourth-order valence-electron chi connectivity index (χ4n) is 2.24. The molecular weight excluding hydrogens is 256 g/mol. The first-order valence-corrected chi connectivity index (χ1v) is 7.82. The highest BCUT2D eigenvalue weighted by Crippen LogP contribution is 2.21. The first-order chi connectivity index (χ1) is 9.15. The number of carbonyl (C=O) groups excluding carboxylic acids is 2. The Hall–Kier alpha value is -0.830. The second-order valence-corrected chi connectivity index (χ2v) is 5.75. The van der Waals surface area contributed by atoms with Gasteiger partial charge in [0.05, 0.1) is 0 Å². The number of rotatable bonds is 9. The summed E-state index contributed by atoms with van der Waals surface area (Å²) in [6.07, 6.45) is 13.7. The van der Waals surface area contributed by atoms with Crippen molar-refractivity contribution in [2.75, 3.05) is 0 Å². The molecule has 0 saturated carbocycles. The Kier molecular flexibility index (Phi) is 7.80. The highest BCUT2D eigenvalue weighted by molar-refractivity contribution is 7.81. The fourth-order valence-corrected chi connectivity index (χ4v) is 2.62. The number of unbranched alkanes of at least 4 members (excludes halogenated alkanes) is 6. The van der Waals surface area contributed by atoms with E-state index in [0.29, 0.717) is 5.57 Å². The van der Waals surface area contributed by atoms with Crippen LogP contribution in [-0.2, 0) is 9.59 Å². The maximum Gasteiger partial charge on any atom is 0.183 e. The summed E-state index contributed by atoms with van der Waals surface area (Å²) in [5.74, 6) is -0.171. The predicted molar refractivity (Wildman–Crippen MR) is 82.6 cm³/mol. The molecule has 1 unspecified atom stereocenters. The van der Waals surface area contributed by atoms with Crippen LogP contribution >= 0.6 is 12.6 Å². The Balaban J connectivity index is 2.19. The van der Waals surface area contributed by atoms with Gasteiger partial charge in [0.15, 0.2) is 11.6 Å². The average molecular weight is 280 g/mol. The summed E-state index contributed by atoms with van der Waals surface area (Å²) in [4.78, 5) is 22.9. The van der Waals surface area contributed by atoms with Gasteiger partial charge in [-0.15, -0.1) is 0 Å². The molecule has 1 atom stereocenters. The molecule has 0 aromatic carbocycles. The molecule has 19 heavy (non-hydrogen) atoms. The lowest BCUT2D eigenvalue weighted by Gasteiger charge is -2.14. The third kappa shape index (κ3) is 6.24. The first-order valence-electron chi connectivity index (χ1n) is 7.31. The van der Waals surface area contributed by atoms with Crippen molar-refractivity contribution in [3.05, 3.63) is 23.8 Å². The first kappa shape index (κ1) is 16.2. The van der Waals surface area contributed by atoms with Gasteiger partial charge in [0.1, 0.15) is 0 Å². The second kappa shape index (κ2) is 9.13. The Bertz CT molecular complexity index is 369. The molecule has 0 radical (unpaired) electrons. The van der Waals surface area contributed by atoms with Crippen molar-refractivity contribution < 1.29 is 9.59 Å². The smallest absolute Gasteiger partial charge is 0.183 e. The highest BCUT2D eigenvalue weighted by atomic mass is 32.1. The minimum Gasteiger partial charge on any atom is -0.290 e. The van der Waals surface area contributed by atoms with Crippen LogP contribution in [0.25, 0.3) is 0 Å². The molecule has 106 valence electrons. The molecule has 1 rings (SSSR count). The van der Waals surface area contributed by atoms with E-state index in [0.717, 1.165) is 12.8 Å². The van der Waals surface area contributed by atoms with Crippen molar-refractivity contribution in [1.29, 1.82) is 0 Å². The van der Waals surface area contributed by atoms with E-state index < -0.39 is 0 Å². The van der Waals surface area contributed by atoms with Crippen LogP contribution in [0.2, 0.25) is 0 Å². The lowest BCUT2D eigenvalue weighted by Crippen LogP contribution is -2.16. The molecule has 0 spiro atoms. The van der Waals surface area contributed by atoms with Gasteiger partial charge in [-0.2, -0.15) is 12.6 Å². The van der Waals surface area contributed by atoms with Gasteiger partial charge in [-0.1, -0.05) is 51.9 Å². The SMILES string of the molecule is CCCCCCCCCC(S)C1=CC(=O)C=CC1=O. The van der Waals surface area contributed by atoms with Crippen LogP contribution in [0.15, 0.2) is 23.8 Å². The van der Waals surface area contributed by atoms with Crippen molar-refractivity contribution in [2.24, 2.45) is 0 Å². The zero-order valence-electron chi connectivity index (χ0n) is 11.7. The number of hydrogen-bond donors (Lipinski definition) is 1. The van der Waals surface area contributed by atoms with Gasteiger partial charge < -0.3 is 0 Å². The Morgan fingerprint density at radius 3 is 2.32 bits per heavy atom. The Labute approximate surface area is 121 Å². The van der Waals surface area contributed by atoms with Crippen molar-refractivity contribution in [3.63, 3.8) is 0 Å². The summed E-state index contributed by atoms with van der Waals surface area (Å²) in [6, 6.07) is 0. The number of thiol groups is 1. The molecule has 0 saturated heterocycles.